The fourth-order valence-electron chi connectivity index (χ4n) is 4.88. The van der Waals surface area contributed by atoms with Gasteiger partial charge in [-0.25, -0.2) is 4.79 Å². The molecule has 126 valence electrons. The van der Waals surface area contributed by atoms with Crippen LogP contribution < -0.4 is 0 Å². The zero-order chi connectivity index (χ0) is 15.6. The van der Waals surface area contributed by atoms with Crippen LogP contribution in [0.5, 0.6) is 0 Å². The number of piperazine rings is 1. The first-order chi connectivity index (χ1) is 10.6. The molecular formula is C18H32N2O2. The van der Waals surface area contributed by atoms with Crippen molar-refractivity contribution >= 4 is 6.09 Å². The number of fused-ring (bicyclic) bond motifs is 2. The summed E-state index contributed by atoms with van der Waals surface area (Å²) in [6, 6.07) is 0. The maximum Gasteiger partial charge on any atom is 0.409 e. The summed E-state index contributed by atoms with van der Waals surface area (Å²) >= 11 is 0. The zero-order valence-electron chi connectivity index (χ0n) is 14.4. The van der Waals surface area contributed by atoms with E-state index in [0.29, 0.717) is 6.61 Å². The number of rotatable bonds is 3. The topological polar surface area (TPSA) is 32.8 Å². The van der Waals surface area contributed by atoms with E-state index in [-0.39, 0.29) is 11.5 Å². The van der Waals surface area contributed by atoms with E-state index in [1.807, 2.05) is 4.90 Å². The maximum atomic E-state index is 12.3. The molecule has 4 nitrogen and oxygen atoms in total. The number of carbonyl (C=O) groups excluding carboxylic acids is 1. The van der Waals surface area contributed by atoms with E-state index < -0.39 is 0 Å². The molecule has 1 amide bonds. The van der Waals surface area contributed by atoms with E-state index in [4.69, 9.17) is 4.74 Å². The molecule has 3 aliphatic rings. The molecule has 3 fully saturated rings. The third-order valence-electron chi connectivity index (χ3n) is 6.35. The first-order valence-electron chi connectivity index (χ1n) is 9.20. The molecule has 22 heavy (non-hydrogen) atoms. The first-order valence-corrected chi connectivity index (χ1v) is 9.20. The number of hydrogen-bond acceptors (Lipinski definition) is 3. The Morgan fingerprint density at radius 2 is 1.77 bits per heavy atom. The number of amides is 1. The van der Waals surface area contributed by atoms with Gasteiger partial charge in [0.05, 0.1) is 6.61 Å². The SMILES string of the molecule is CCC1(COC(=O)N2CCN(C)CC2)CC2CCCC(C2)C1. The van der Waals surface area contributed by atoms with Gasteiger partial charge in [-0.1, -0.05) is 26.2 Å². The Morgan fingerprint density at radius 1 is 1.14 bits per heavy atom. The Labute approximate surface area is 135 Å². The van der Waals surface area contributed by atoms with Gasteiger partial charge in [-0.05, 0) is 44.6 Å². The maximum absolute atomic E-state index is 12.3. The van der Waals surface area contributed by atoms with E-state index in [1.165, 1.54) is 38.5 Å². The lowest BCUT2D eigenvalue weighted by atomic mass is 9.60. The second-order valence-electron chi connectivity index (χ2n) is 8.01. The minimum Gasteiger partial charge on any atom is -0.449 e. The minimum absolute atomic E-state index is 0.0864. The Bertz CT molecular complexity index is 379. The number of hydrogen-bond donors (Lipinski definition) is 0. The fraction of sp³-hybridized carbons (Fsp3) is 0.944. The Kier molecular flexibility index (Phi) is 4.96. The second kappa shape index (κ2) is 6.77. The van der Waals surface area contributed by atoms with Crippen molar-refractivity contribution in [1.82, 2.24) is 9.80 Å². The number of likely N-dealkylation sites (N-methyl/N-ethyl adjacent to an activating group) is 1. The molecule has 2 unspecified atom stereocenters. The molecule has 0 radical (unpaired) electrons. The third kappa shape index (κ3) is 3.58. The highest BCUT2D eigenvalue weighted by molar-refractivity contribution is 5.67. The molecule has 0 spiro atoms. The van der Waals surface area contributed by atoms with Crippen LogP contribution >= 0.6 is 0 Å². The van der Waals surface area contributed by atoms with Crippen LogP contribution in [0.25, 0.3) is 0 Å². The Morgan fingerprint density at radius 3 is 2.36 bits per heavy atom. The Balaban J connectivity index is 1.53. The molecule has 2 saturated carbocycles. The van der Waals surface area contributed by atoms with E-state index in [0.717, 1.165) is 44.4 Å². The fourth-order valence-corrected chi connectivity index (χ4v) is 4.88. The lowest BCUT2D eigenvalue weighted by molar-refractivity contribution is -0.0148. The normalized spacial score (nSPS) is 36.2. The third-order valence-corrected chi connectivity index (χ3v) is 6.35. The van der Waals surface area contributed by atoms with Gasteiger partial charge in [0.2, 0.25) is 0 Å². The number of nitrogens with zero attached hydrogens (tertiary/aromatic N) is 2. The lowest BCUT2D eigenvalue weighted by Gasteiger charge is -2.47. The molecule has 1 saturated heterocycles. The summed E-state index contributed by atoms with van der Waals surface area (Å²) in [6.07, 6.45) is 9.23. The smallest absolute Gasteiger partial charge is 0.409 e. The highest BCUT2D eigenvalue weighted by Crippen LogP contribution is 2.50. The van der Waals surface area contributed by atoms with Crippen molar-refractivity contribution in [3.63, 3.8) is 0 Å². The summed E-state index contributed by atoms with van der Waals surface area (Å²) in [6.45, 7) is 6.45. The molecular weight excluding hydrogens is 276 g/mol. The van der Waals surface area contributed by atoms with Gasteiger partial charge in [0, 0.05) is 31.6 Å². The van der Waals surface area contributed by atoms with Gasteiger partial charge in [0.15, 0.2) is 0 Å². The van der Waals surface area contributed by atoms with Crippen LogP contribution in [-0.4, -0.2) is 55.7 Å². The summed E-state index contributed by atoms with van der Waals surface area (Å²) in [5.41, 5.74) is 0.260. The molecule has 2 aliphatic carbocycles. The second-order valence-corrected chi connectivity index (χ2v) is 8.01. The van der Waals surface area contributed by atoms with Gasteiger partial charge in [-0.15, -0.1) is 0 Å². The van der Waals surface area contributed by atoms with Crippen molar-refractivity contribution in [2.45, 2.75) is 51.9 Å². The average Bonchev–Trinajstić information content (AvgIpc) is 2.53. The molecule has 0 N–H and O–H groups in total. The van der Waals surface area contributed by atoms with Crippen molar-refractivity contribution in [1.29, 1.82) is 0 Å². The molecule has 3 rings (SSSR count). The van der Waals surface area contributed by atoms with Crippen molar-refractivity contribution in [2.24, 2.45) is 17.3 Å². The quantitative estimate of drug-likeness (QED) is 0.801. The minimum atomic E-state index is -0.0864. The molecule has 4 heteroatoms. The molecule has 2 bridgehead atoms. The summed E-state index contributed by atoms with van der Waals surface area (Å²) < 4.78 is 5.78. The van der Waals surface area contributed by atoms with Crippen molar-refractivity contribution in [2.75, 3.05) is 39.8 Å². The largest absolute Gasteiger partial charge is 0.449 e. The van der Waals surface area contributed by atoms with Gasteiger partial charge >= 0.3 is 6.09 Å². The van der Waals surface area contributed by atoms with Crippen LogP contribution in [0.2, 0.25) is 0 Å². The number of ether oxygens (including phenoxy) is 1. The van der Waals surface area contributed by atoms with Crippen molar-refractivity contribution in [3.8, 4) is 0 Å². The van der Waals surface area contributed by atoms with Crippen LogP contribution in [0.4, 0.5) is 4.79 Å². The molecule has 2 atom stereocenters. The standard InChI is InChI=1S/C18H32N2O2/c1-3-18(12-15-5-4-6-16(11-15)13-18)14-22-17(21)20-9-7-19(2)8-10-20/h15-16H,3-14H2,1-2H3. The average molecular weight is 308 g/mol. The molecule has 0 aromatic rings. The van der Waals surface area contributed by atoms with Gasteiger partial charge in [-0.3, -0.25) is 0 Å². The molecule has 1 heterocycles. The van der Waals surface area contributed by atoms with Crippen LogP contribution in [0.1, 0.15) is 51.9 Å². The first kappa shape index (κ1) is 16.1. The van der Waals surface area contributed by atoms with Gasteiger partial charge in [-0.2, -0.15) is 0 Å². The summed E-state index contributed by atoms with van der Waals surface area (Å²) in [5.74, 6) is 1.77. The van der Waals surface area contributed by atoms with Crippen LogP contribution in [0.15, 0.2) is 0 Å². The van der Waals surface area contributed by atoms with Crippen molar-refractivity contribution in [3.05, 3.63) is 0 Å². The summed E-state index contributed by atoms with van der Waals surface area (Å²) in [5, 5.41) is 0. The monoisotopic (exact) mass is 308 g/mol. The number of carbonyl (C=O) groups is 1. The highest BCUT2D eigenvalue weighted by Gasteiger charge is 2.42. The molecule has 0 aromatic heterocycles. The predicted molar refractivity (Wildman–Crippen MR) is 87.8 cm³/mol. The predicted octanol–water partition coefficient (Wildman–Crippen LogP) is 3.37. The van der Waals surface area contributed by atoms with Gasteiger partial charge in [0.25, 0.3) is 0 Å². The van der Waals surface area contributed by atoms with Gasteiger partial charge in [0.1, 0.15) is 0 Å². The molecule has 1 aliphatic heterocycles. The van der Waals surface area contributed by atoms with Gasteiger partial charge < -0.3 is 14.5 Å². The van der Waals surface area contributed by atoms with E-state index in [1.54, 1.807) is 0 Å². The highest BCUT2D eigenvalue weighted by atomic mass is 16.6. The van der Waals surface area contributed by atoms with E-state index in [2.05, 4.69) is 18.9 Å². The zero-order valence-corrected chi connectivity index (χ0v) is 14.4. The Hall–Kier alpha value is -0.770. The summed E-state index contributed by atoms with van der Waals surface area (Å²) in [4.78, 5) is 16.5. The lowest BCUT2D eigenvalue weighted by Crippen LogP contribution is -2.48. The van der Waals surface area contributed by atoms with Crippen LogP contribution in [-0.2, 0) is 4.74 Å². The molecule has 0 aromatic carbocycles. The van der Waals surface area contributed by atoms with E-state index >= 15 is 0 Å². The van der Waals surface area contributed by atoms with Crippen molar-refractivity contribution < 1.29 is 9.53 Å². The van der Waals surface area contributed by atoms with Crippen LogP contribution in [0.3, 0.4) is 0 Å². The van der Waals surface area contributed by atoms with E-state index in [9.17, 15) is 4.79 Å². The van der Waals surface area contributed by atoms with Crippen LogP contribution in [0, 0.1) is 17.3 Å². The summed E-state index contributed by atoms with van der Waals surface area (Å²) in [7, 11) is 2.11.